The molecule has 1 aromatic rings. The zero-order valence-electron chi connectivity index (χ0n) is 9.40. The Morgan fingerprint density at radius 2 is 1.81 bits per heavy atom. The van der Waals surface area contributed by atoms with E-state index in [-0.39, 0.29) is 6.10 Å². The molecule has 0 spiro atoms. The van der Waals surface area contributed by atoms with Crippen molar-refractivity contribution in [1.29, 1.82) is 0 Å². The lowest BCUT2D eigenvalue weighted by Crippen LogP contribution is -2.22. The molecule has 1 aliphatic heterocycles. The van der Waals surface area contributed by atoms with Crippen LogP contribution in [0.4, 0.5) is 0 Å². The highest BCUT2D eigenvalue weighted by molar-refractivity contribution is 6.30. The van der Waals surface area contributed by atoms with Crippen LogP contribution >= 0.6 is 11.6 Å². The maximum Gasteiger partial charge on any atom is 0.0802 e. The van der Waals surface area contributed by atoms with Gasteiger partial charge in [0.15, 0.2) is 0 Å². The molecule has 2 nitrogen and oxygen atoms in total. The molecule has 0 bridgehead atoms. The van der Waals surface area contributed by atoms with Crippen molar-refractivity contribution < 1.29 is 5.11 Å². The van der Waals surface area contributed by atoms with Crippen molar-refractivity contribution in [3.8, 4) is 0 Å². The monoisotopic (exact) mass is 239 g/mol. The van der Waals surface area contributed by atoms with Crippen LogP contribution in [0.1, 0.15) is 30.9 Å². The fourth-order valence-electron chi connectivity index (χ4n) is 2.16. The molecule has 16 heavy (non-hydrogen) atoms. The molecule has 1 unspecified atom stereocenters. The van der Waals surface area contributed by atoms with Crippen LogP contribution in [0.5, 0.6) is 0 Å². The summed E-state index contributed by atoms with van der Waals surface area (Å²) in [6.07, 6.45) is 3.05. The van der Waals surface area contributed by atoms with E-state index in [1.165, 1.54) is 25.9 Å². The van der Waals surface area contributed by atoms with Crippen molar-refractivity contribution in [2.24, 2.45) is 0 Å². The fraction of sp³-hybridized carbons (Fsp3) is 0.538. The van der Waals surface area contributed by atoms with Crippen LogP contribution < -0.4 is 0 Å². The lowest BCUT2D eigenvalue weighted by molar-refractivity contribution is 0.149. The van der Waals surface area contributed by atoms with E-state index >= 15 is 0 Å². The number of likely N-dealkylation sites (tertiary alicyclic amines) is 1. The predicted octanol–water partition coefficient (Wildman–Crippen LogP) is 2.86. The molecule has 0 aromatic heterocycles. The average molecular weight is 240 g/mol. The molecule has 1 N–H and O–H groups in total. The molecule has 1 heterocycles. The zero-order chi connectivity index (χ0) is 11.4. The van der Waals surface area contributed by atoms with Crippen LogP contribution in [-0.2, 0) is 0 Å². The average Bonchev–Trinajstić information content (AvgIpc) is 2.80. The van der Waals surface area contributed by atoms with Gasteiger partial charge in [-0.15, -0.1) is 0 Å². The van der Waals surface area contributed by atoms with Gasteiger partial charge in [0.05, 0.1) is 6.10 Å². The molecule has 1 aliphatic rings. The summed E-state index contributed by atoms with van der Waals surface area (Å²) in [5.41, 5.74) is 0.962. The number of rotatable bonds is 4. The van der Waals surface area contributed by atoms with Gasteiger partial charge in [0.25, 0.3) is 0 Å². The molecule has 0 radical (unpaired) electrons. The number of hydrogen-bond donors (Lipinski definition) is 1. The Bertz CT molecular complexity index is 319. The van der Waals surface area contributed by atoms with E-state index in [2.05, 4.69) is 4.90 Å². The minimum absolute atomic E-state index is 0.363. The number of nitrogens with zero attached hydrogens (tertiary/aromatic N) is 1. The highest BCUT2D eigenvalue weighted by Gasteiger charge is 2.14. The standard InChI is InChI=1S/C13H18ClNO/c14-12-5-3-11(4-6-12)13(16)7-10-15-8-1-2-9-15/h3-6,13,16H,1-2,7-10H2. The highest BCUT2D eigenvalue weighted by Crippen LogP contribution is 2.20. The Morgan fingerprint density at radius 1 is 1.19 bits per heavy atom. The molecule has 3 heteroatoms. The molecule has 1 saturated heterocycles. The molecule has 0 saturated carbocycles. The van der Waals surface area contributed by atoms with Crippen LogP contribution in [0.3, 0.4) is 0 Å². The molecular formula is C13H18ClNO. The predicted molar refractivity (Wildman–Crippen MR) is 66.7 cm³/mol. The first-order valence-corrected chi connectivity index (χ1v) is 6.29. The normalized spacial score (nSPS) is 18.9. The van der Waals surface area contributed by atoms with Gasteiger partial charge >= 0.3 is 0 Å². The smallest absolute Gasteiger partial charge is 0.0802 e. The van der Waals surface area contributed by atoms with Gasteiger partial charge in [-0.05, 0) is 50.0 Å². The van der Waals surface area contributed by atoms with E-state index in [0.29, 0.717) is 0 Å². The SMILES string of the molecule is OC(CCN1CCCC1)c1ccc(Cl)cc1. The van der Waals surface area contributed by atoms with Crippen molar-refractivity contribution in [2.45, 2.75) is 25.4 Å². The quantitative estimate of drug-likeness (QED) is 0.874. The van der Waals surface area contributed by atoms with E-state index in [1.54, 1.807) is 0 Å². The van der Waals surface area contributed by atoms with Crippen molar-refractivity contribution in [3.63, 3.8) is 0 Å². The summed E-state index contributed by atoms with van der Waals surface area (Å²) in [5.74, 6) is 0. The second-order valence-corrected chi connectivity index (χ2v) is 4.84. The number of hydrogen-bond acceptors (Lipinski definition) is 2. The largest absolute Gasteiger partial charge is 0.388 e. The van der Waals surface area contributed by atoms with E-state index in [9.17, 15) is 5.11 Å². The number of benzene rings is 1. The lowest BCUT2D eigenvalue weighted by Gasteiger charge is -2.17. The summed E-state index contributed by atoms with van der Waals surface area (Å²) < 4.78 is 0. The molecular weight excluding hydrogens is 222 g/mol. The minimum atomic E-state index is -0.363. The summed E-state index contributed by atoms with van der Waals surface area (Å²) in [5, 5.41) is 10.7. The van der Waals surface area contributed by atoms with Gasteiger partial charge in [-0.2, -0.15) is 0 Å². The van der Waals surface area contributed by atoms with E-state index in [1.807, 2.05) is 24.3 Å². The van der Waals surface area contributed by atoms with Crippen molar-refractivity contribution in [3.05, 3.63) is 34.9 Å². The van der Waals surface area contributed by atoms with Gasteiger partial charge in [0.1, 0.15) is 0 Å². The van der Waals surface area contributed by atoms with Crippen molar-refractivity contribution in [1.82, 2.24) is 4.90 Å². The number of aliphatic hydroxyl groups is 1. The first-order valence-electron chi connectivity index (χ1n) is 5.91. The molecule has 0 amide bonds. The first kappa shape index (κ1) is 11.9. The van der Waals surface area contributed by atoms with Crippen molar-refractivity contribution in [2.75, 3.05) is 19.6 Å². The molecule has 1 fully saturated rings. The Hall–Kier alpha value is -0.570. The van der Waals surface area contributed by atoms with Crippen molar-refractivity contribution >= 4 is 11.6 Å². The summed E-state index contributed by atoms with van der Waals surface area (Å²) >= 11 is 5.81. The first-order chi connectivity index (χ1) is 7.75. The summed E-state index contributed by atoms with van der Waals surface area (Å²) in [6.45, 7) is 3.37. The van der Waals surface area contributed by atoms with Crippen LogP contribution in [0.2, 0.25) is 5.02 Å². The fourth-order valence-corrected chi connectivity index (χ4v) is 2.29. The van der Waals surface area contributed by atoms with Gasteiger partial charge in [-0.25, -0.2) is 0 Å². The summed E-state index contributed by atoms with van der Waals surface area (Å²) in [4.78, 5) is 2.42. The van der Waals surface area contributed by atoms with Crippen LogP contribution in [0.15, 0.2) is 24.3 Å². The number of halogens is 1. The summed E-state index contributed by atoms with van der Waals surface area (Å²) in [7, 11) is 0. The molecule has 0 aliphatic carbocycles. The molecule has 1 atom stereocenters. The highest BCUT2D eigenvalue weighted by atomic mass is 35.5. The van der Waals surface area contributed by atoms with Gasteiger partial charge < -0.3 is 10.0 Å². The molecule has 2 rings (SSSR count). The maximum atomic E-state index is 10.0. The van der Waals surface area contributed by atoms with Gasteiger partial charge in [0.2, 0.25) is 0 Å². The zero-order valence-corrected chi connectivity index (χ0v) is 10.2. The number of aliphatic hydroxyl groups excluding tert-OH is 1. The molecule has 1 aromatic carbocycles. The second-order valence-electron chi connectivity index (χ2n) is 4.40. The Kier molecular flexibility index (Phi) is 4.22. The van der Waals surface area contributed by atoms with Gasteiger partial charge in [-0.3, -0.25) is 0 Å². The topological polar surface area (TPSA) is 23.5 Å². The third kappa shape index (κ3) is 3.21. The van der Waals surface area contributed by atoms with E-state index in [4.69, 9.17) is 11.6 Å². The van der Waals surface area contributed by atoms with Gasteiger partial charge in [-0.1, -0.05) is 23.7 Å². The maximum absolute atomic E-state index is 10.0. The second kappa shape index (κ2) is 5.67. The van der Waals surface area contributed by atoms with Gasteiger partial charge in [0, 0.05) is 11.6 Å². The lowest BCUT2D eigenvalue weighted by atomic mass is 10.1. The van der Waals surface area contributed by atoms with E-state index in [0.717, 1.165) is 23.6 Å². The van der Waals surface area contributed by atoms with Crippen LogP contribution in [0, 0.1) is 0 Å². The van der Waals surface area contributed by atoms with Crippen LogP contribution in [-0.4, -0.2) is 29.6 Å². The third-order valence-corrected chi connectivity index (χ3v) is 3.42. The Morgan fingerprint density at radius 3 is 2.44 bits per heavy atom. The van der Waals surface area contributed by atoms with E-state index < -0.39 is 0 Å². The Balaban J connectivity index is 1.82. The minimum Gasteiger partial charge on any atom is -0.388 e. The Labute approximate surface area is 102 Å². The van der Waals surface area contributed by atoms with Crippen LogP contribution in [0.25, 0.3) is 0 Å². The third-order valence-electron chi connectivity index (χ3n) is 3.17. The molecule has 88 valence electrons. The summed E-state index contributed by atoms with van der Waals surface area (Å²) in [6, 6.07) is 7.46.